The van der Waals surface area contributed by atoms with Crippen LogP contribution in [-0.2, 0) is 9.59 Å². The lowest BCUT2D eigenvalue weighted by Crippen LogP contribution is -2.55. The Morgan fingerprint density at radius 2 is 2.00 bits per heavy atom. The highest BCUT2D eigenvalue weighted by molar-refractivity contribution is 6.01. The van der Waals surface area contributed by atoms with Crippen LogP contribution in [0.15, 0.2) is 0 Å². The third kappa shape index (κ3) is 1.81. The molecule has 1 unspecified atom stereocenters. The number of nitrogens with one attached hydrogen (secondary N) is 1. The molecular formula is C11H17N3O2. The Morgan fingerprint density at radius 3 is 2.69 bits per heavy atom. The Balaban J connectivity index is 2.11. The monoisotopic (exact) mass is 223 g/mol. The van der Waals surface area contributed by atoms with Crippen LogP contribution >= 0.6 is 0 Å². The number of likely N-dealkylation sites (N-methyl/N-ethyl adjacent to an activating group) is 1. The van der Waals surface area contributed by atoms with E-state index in [4.69, 9.17) is 5.41 Å². The molecule has 16 heavy (non-hydrogen) atoms. The van der Waals surface area contributed by atoms with Gasteiger partial charge < -0.3 is 4.90 Å². The Hall–Kier alpha value is -1.39. The number of carbonyl (C=O) groups is 2. The van der Waals surface area contributed by atoms with Gasteiger partial charge in [0.25, 0.3) is 5.91 Å². The van der Waals surface area contributed by atoms with Crippen molar-refractivity contribution in [3.63, 3.8) is 0 Å². The average molecular weight is 223 g/mol. The quantitative estimate of drug-likeness (QED) is 0.662. The molecule has 0 aromatic heterocycles. The van der Waals surface area contributed by atoms with Gasteiger partial charge in [-0.25, -0.2) is 0 Å². The zero-order valence-electron chi connectivity index (χ0n) is 9.53. The van der Waals surface area contributed by atoms with Crippen LogP contribution in [0.3, 0.4) is 0 Å². The summed E-state index contributed by atoms with van der Waals surface area (Å²) in [5.41, 5.74) is 0. The largest absolute Gasteiger partial charge is 0.348 e. The Bertz CT molecular complexity index is 340. The summed E-state index contributed by atoms with van der Waals surface area (Å²) in [5, 5.41) is 7.86. The SMILES string of the molecule is CN1C(=O)CCC(N2CCCCC2=N)C1=O. The highest BCUT2D eigenvalue weighted by Crippen LogP contribution is 2.22. The lowest BCUT2D eigenvalue weighted by molar-refractivity contribution is -0.150. The summed E-state index contributed by atoms with van der Waals surface area (Å²) >= 11 is 0. The first-order chi connectivity index (χ1) is 7.61. The fourth-order valence-corrected chi connectivity index (χ4v) is 2.38. The van der Waals surface area contributed by atoms with Crippen molar-refractivity contribution in [2.45, 2.75) is 38.1 Å². The van der Waals surface area contributed by atoms with Crippen LogP contribution in [-0.4, -0.2) is 47.1 Å². The van der Waals surface area contributed by atoms with E-state index in [0.29, 0.717) is 18.7 Å². The predicted molar refractivity (Wildman–Crippen MR) is 59.1 cm³/mol. The molecule has 2 amide bonds. The fraction of sp³-hybridized carbons (Fsp3) is 0.727. The molecule has 0 aliphatic carbocycles. The molecule has 0 radical (unpaired) electrons. The lowest BCUT2D eigenvalue weighted by Gasteiger charge is -2.39. The maximum Gasteiger partial charge on any atom is 0.251 e. The molecule has 2 fully saturated rings. The van der Waals surface area contributed by atoms with Crippen LogP contribution in [0, 0.1) is 5.41 Å². The first-order valence-corrected chi connectivity index (χ1v) is 5.75. The molecule has 2 saturated heterocycles. The second-order valence-electron chi connectivity index (χ2n) is 4.44. The molecule has 2 heterocycles. The van der Waals surface area contributed by atoms with Crippen LogP contribution in [0.2, 0.25) is 0 Å². The number of hydrogen-bond donors (Lipinski definition) is 1. The third-order valence-corrected chi connectivity index (χ3v) is 3.41. The molecule has 0 saturated carbocycles. The van der Waals surface area contributed by atoms with Crippen LogP contribution in [0.25, 0.3) is 0 Å². The third-order valence-electron chi connectivity index (χ3n) is 3.41. The van der Waals surface area contributed by atoms with Gasteiger partial charge in [-0.15, -0.1) is 0 Å². The number of amides is 2. The summed E-state index contributed by atoms with van der Waals surface area (Å²) < 4.78 is 0. The molecular weight excluding hydrogens is 206 g/mol. The van der Waals surface area contributed by atoms with Crippen molar-refractivity contribution in [1.29, 1.82) is 5.41 Å². The van der Waals surface area contributed by atoms with E-state index in [1.807, 2.05) is 4.90 Å². The van der Waals surface area contributed by atoms with E-state index in [2.05, 4.69) is 0 Å². The van der Waals surface area contributed by atoms with E-state index in [1.165, 1.54) is 11.9 Å². The molecule has 5 nitrogen and oxygen atoms in total. The van der Waals surface area contributed by atoms with E-state index >= 15 is 0 Å². The highest BCUT2D eigenvalue weighted by atomic mass is 16.2. The molecule has 1 atom stereocenters. The zero-order chi connectivity index (χ0) is 11.7. The van der Waals surface area contributed by atoms with Gasteiger partial charge in [0.15, 0.2) is 0 Å². The molecule has 0 spiro atoms. The van der Waals surface area contributed by atoms with Crippen LogP contribution in [0.4, 0.5) is 0 Å². The van der Waals surface area contributed by atoms with E-state index in [0.717, 1.165) is 25.8 Å². The normalized spacial score (nSPS) is 27.6. The smallest absolute Gasteiger partial charge is 0.251 e. The first kappa shape index (κ1) is 11.1. The van der Waals surface area contributed by atoms with Gasteiger partial charge >= 0.3 is 0 Å². The van der Waals surface area contributed by atoms with Crippen molar-refractivity contribution in [3.05, 3.63) is 0 Å². The van der Waals surface area contributed by atoms with Crippen LogP contribution < -0.4 is 0 Å². The van der Waals surface area contributed by atoms with Gasteiger partial charge in [0.2, 0.25) is 5.91 Å². The summed E-state index contributed by atoms with van der Waals surface area (Å²) in [4.78, 5) is 26.4. The topological polar surface area (TPSA) is 64.5 Å². The predicted octanol–water partition coefficient (Wildman–Crippen LogP) is 0.597. The maximum atomic E-state index is 11.9. The van der Waals surface area contributed by atoms with Gasteiger partial charge in [0.1, 0.15) is 6.04 Å². The van der Waals surface area contributed by atoms with Crippen LogP contribution in [0.5, 0.6) is 0 Å². The molecule has 2 aliphatic rings. The molecule has 2 aliphatic heterocycles. The minimum Gasteiger partial charge on any atom is -0.348 e. The number of hydrogen-bond acceptors (Lipinski definition) is 3. The standard InChI is InChI=1S/C11H17N3O2/c1-13-10(15)6-5-8(11(13)16)14-7-3-2-4-9(14)12/h8,12H,2-7H2,1H3. The molecule has 2 rings (SSSR count). The minimum absolute atomic E-state index is 0.107. The summed E-state index contributed by atoms with van der Waals surface area (Å²) in [5.74, 6) is 0.292. The van der Waals surface area contributed by atoms with E-state index in [1.54, 1.807) is 0 Å². The summed E-state index contributed by atoms with van der Waals surface area (Å²) in [6, 6.07) is -0.282. The molecule has 0 aromatic carbocycles. The van der Waals surface area contributed by atoms with E-state index < -0.39 is 0 Å². The van der Waals surface area contributed by atoms with E-state index in [-0.39, 0.29) is 17.9 Å². The number of nitrogens with zero attached hydrogens (tertiary/aromatic N) is 2. The van der Waals surface area contributed by atoms with Crippen LogP contribution in [0.1, 0.15) is 32.1 Å². The second kappa shape index (κ2) is 4.23. The lowest BCUT2D eigenvalue weighted by atomic mass is 9.99. The maximum absolute atomic E-state index is 11.9. The number of likely N-dealkylation sites (tertiary alicyclic amines) is 2. The van der Waals surface area contributed by atoms with Crippen molar-refractivity contribution in [2.24, 2.45) is 0 Å². The van der Waals surface area contributed by atoms with Gasteiger partial charge in [-0.3, -0.25) is 19.9 Å². The van der Waals surface area contributed by atoms with Crippen molar-refractivity contribution in [1.82, 2.24) is 9.80 Å². The van der Waals surface area contributed by atoms with Gasteiger partial charge in [-0.1, -0.05) is 0 Å². The summed E-state index contributed by atoms with van der Waals surface area (Å²) in [6.07, 6.45) is 3.79. The van der Waals surface area contributed by atoms with E-state index in [9.17, 15) is 9.59 Å². The molecule has 5 heteroatoms. The minimum atomic E-state index is -0.282. The molecule has 88 valence electrons. The number of amidine groups is 1. The van der Waals surface area contributed by atoms with Crippen molar-refractivity contribution < 1.29 is 9.59 Å². The first-order valence-electron chi connectivity index (χ1n) is 5.75. The number of imide groups is 1. The molecule has 1 N–H and O–H groups in total. The number of carbonyl (C=O) groups excluding carboxylic acids is 2. The summed E-state index contributed by atoms with van der Waals surface area (Å²) in [7, 11) is 1.53. The van der Waals surface area contributed by atoms with Gasteiger partial charge in [-0.05, 0) is 19.3 Å². The average Bonchev–Trinajstić information content (AvgIpc) is 2.28. The van der Waals surface area contributed by atoms with Gasteiger partial charge in [-0.2, -0.15) is 0 Å². The second-order valence-corrected chi connectivity index (χ2v) is 4.44. The van der Waals surface area contributed by atoms with Gasteiger partial charge in [0, 0.05) is 26.4 Å². The molecule has 0 bridgehead atoms. The summed E-state index contributed by atoms with van der Waals surface area (Å²) in [6.45, 7) is 0.775. The number of piperidine rings is 2. The van der Waals surface area contributed by atoms with Crippen molar-refractivity contribution >= 4 is 17.6 Å². The van der Waals surface area contributed by atoms with Crippen molar-refractivity contribution in [2.75, 3.05) is 13.6 Å². The number of rotatable bonds is 1. The Labute approximate surface area is 94.9 Å². The fourth-order valence-electron chi connectivity index (χ4n) is 2.38. The Morgan fingerprint density at radius 1 is 1.25 bits per heavy atom. The molecule has 0 aromatic rings. The van der Waals surface area contributed by atoms with Gasteiger partial charge in [0.05, 0.1) is 5.84 Å². The highest BCUT2D eigenvalue weighted by Gasteiger charge is 2.37. The van der Waals surface area contributed by atoms with Crippen molar-refractivity contribution in [3.8, 4) is 0 Å². The Kier molecular flexibility index (Phi) is 2.94. The zero-order valence-corrected chi connectivity index (χ0v) is 9.53.